The molecule has 2 aromatic heterocycles. The van der Waals surface area contributed by atoms with E-state index in [1.54, 1.807) is 18.3 Å². The van der Waals surface area contributed by atoms with Gasteiger partial charge in [-0.3, -0.25) is 9.89 Å². The molecule has 3 aromatic rings. The van der Waals surface area contributed by atoms with Gasteiger partial charge in [-0.05, 0) is 12.1 Å². The topological polar surface area (TPSA) is 78.8 Å². The summed E-state index contributed by atoms with van der Waals surface area (Å²) < 4.78 is 1.94. The van der Waals surface area contributed by atoms with Crippen molar-refractivity contribution >= 4 is 29.9 Å². The third kappa shape index (κ3) is 3.71. The first-order valence-electron chi connectivity index (χ1n) is 8.44. The Morgan fingerprint density at radius 2 is 2.15 bits per heavy atom. The molecule has 1 atom stereocenters. The second-order valence-corrected chi connectivity index (χ2v) is 6.67. The number of benzene rings is 1. The van der Waals surface area contributed by atoms with Gasteiger partial charge in [-0.2, -0.15) is 5.10 Å². The van der Waals surface area contributed by atoms with Crippen LogP contribution in [0.25, 0.3) is 11.3 Å². The van der Waals surface area contributed by atoms with Gasteiger partial charge in [0.1, 0.15) is 17.6 Å². The lowest BCUT2D eigenvalue weighted by Crippen LogP contribution is -2.49. The van der Waals surface area contributed by atoms with Crippen molar-refractivity contribution in [2.45, 2.75) is 6.04 Å². The first-order valence-corrected chi connectivity index (χ1v) is 8.82. The van der Waals surface area contributed by atoms with Crippen molar-refractivity contribution in [2.75, 3.05) is 19.6 Å². The van der Waals surface area contributed by atoms with Crippen molar-refractivity contribution in [3.05, 3.63) is 59.3 Å². The van der Waals surface area contributed by atoms with Crippen LogP contribution in [0.15, 0.2) is 42.7 Å². The maximum atomic E-state index is 13.1. The van der Waals surface area contributed by atoms with Crippen LogP contribution in [0.2, 0.25) is 5.02 Å². The summed E-state index contributed by atoms with van der Waals surface area (Å²) in [7, 11) is 1.94. The molecule has 1 aliphatic heterocycles. The number of H-pyrrole nitrogens is 1. The predicted octanol–water partition coefficient (Wildman–Crippen LogP) is 2.67. The van der Waals surface area contributed by atoms with Gasteiger partial charge in [0.15, 0.2) is 0 Å². The number of hydrogen-bond donors (Lipinski definition) is 2. The van der Waals surface area contributed by atoms with E-state index in [2.05, 4.69) is 20.5 Å². The number of nitrogens with zero attached hydrogens (tertiary/aromatic N) is 4. The van der Waals surface area contributed by atoms with Crippen LogP contribution in [-0.2, 0) is 7.05 Å². The maximum Gasteiger partial charge on any atom is 0.272 e. The van der Waals surface area contributed by atoms with E-state index in [4.69, 9.17) is 11.6 Å². The summed E-state index contributed by atoms with van der Waals surface area (Å²) in [5.41, 5.74) is 1.90. The number of halogens is 2. The highest BCUT2D eigenvalue weighted by atomic mass is 35.5. The largest absolute Gasteiger partial charge is 0.336 e. The average Bonchev–Trinajstić information content (AvgIpc) is 3.31. The van der Waals surface area contributed by atoms with Crippen LogP contribution >= 0.6 is 24.0 Å². The zero-order valence-corrected chi connectivity index (χ0v) is 16.3. The van der Waals surface area contributed by atoms with E-state index in [1.807, 2.05) is 40.9 Å². The zero-order valence-electron chi connectivity index (χ0n) is 14.7. The van der Waals surface area contributed by atoms with Crippen LogP contribution in [0.1, 0.15) is 22.4 Å². The quantitative estimate of drug-likeness (QED) is 0.700. The lowest BCUT2D eigenvalue weighted by atomic mass is 10.1. The maximum absolute atomic E-state index is 13.1. The molecule has 9 heteroatoms. The first-order chi connectivity index (χ1) is 12.6. The molecule has 0 spiro atoms. The zero-order chi connectivity index (χ0) is 18.1. The normalized spacial score (nSPS) is 16.8. The molecular formula is C18H20Cl2N6O. The van der Waals surface area contributed by atoms with Gasteiger partial charge in [0, 0.05) is 44.6 Å². The SMILES string of the molecule is Cl.Cn1ccnc1C1CNCCN1C(=O)c1cc(-c2ccccc2Cl)n[nH]1. The van der Waals surface area contributed by atoms with Gasteiger partial charge in [0.05, 0.1) is 10.7 Å². The van der Waals surface area contributed by atoms with Crippen LogP contribution in [0.3, 0.4) is 0 Å². The number of aryl methyl sites for hydroxylation is 1. The van der Waals surface area contributed by atoms with E-state index in [9.17, 15) is 4.79 Å². The smallest absolute Gasteiger partial charge is 0.272 e. The van der Waals surface area contributed by atoms with Crippen molar-refractivity contribution in [1.29, 1.82) is 0 Å². The van der Waals surface area contributed by atoms with Gasteiger partial charge in [-0.25, -0.2) is 4.98 Å². The van der Waals surface area contributed by atoms with Crippen LogP contribution in [0, 0.1) is 0 Å². The Kier molecular flexibility index (Phi) is 5.84. The van der Waals surface area contributed by atoms with Gasteiger partial charge in [-0.1, -0.05) is 29.8 Å². The summed E-state index contributed by atoms with van der Waals surface area (Å²) in [4.78, 5) is 19.4. The third-order valence-corrected chi connectivity index (χ3v) is 4.95. The third-order valence-electron chi connectivity index (χ3n) is 4.62. The lowest BCUT2D eigenvalue weighted by Gasteiger charge is -2.35. The highest BCUT2D eigenvalue weighted by Gasteiger charge is 2.32. The number of rotatable bonds is 3. The van der Waals surface area contributed by atoms with Gasteiger partial charge in [0.25, 0.3) is 5.91 Å². The van der Waals surface area contributed by atoms with Crippen LogP contribution in [0.5, 0.6) is 0 Å². The molecule has 142 valence electrons. The van der Waals surface area contributed by atoms with Crippen molar-refractivity contribution in [3.63, 3.8) is 0 Å². The van der Waals surface area contributed by atoms with Gasteiger partial charge < -0.3 is 14.8 Å². The van der Waals surface area contributed by atoms with Gasteiger partial charge in [-0.15, -0.1) is 12.4 Å². The number of carbonyl (C=O) groups excluding carboxylic acids is 1. The van der Waals surface area contributed by atoms with E-state index in [0.717, 1.165) is 17.9 Å². The van der Waals surface area contributed by atoms with Crippen molar-refractivity contribution in [1.82, 2.24) is 30.0 Å². The Bertz CT molecular complexity index is 937. The molecule has 1 fully saturated rings. The lowest BCUT2D eigenvalue weighted by molar-refractivity contribution is 0.0614. The van der Waals surface area contributed by atoms with Crippen molar-refractivity contribution < 1.29 is 4.79 Å². The fraction of sp³-hybridized carbons (Fsp3) is 0.278. The summed E-state index contributed by atoms with van der Waals surface area (Å²) in [6, 6.07) is 9.08. The summed E-state index contributed by atoms with van der Waals surface area (Å²) in [6.45, 7) is 2.02. The molecule has 1 saturated heterocycles. The van der Waals surface area contributed by atoms with E-state index in [0.29, 0.717) is 29.5 Å². The molecule has 1 unspecified atom stereocenters. The molecule has 27 heavy (non-hydrogen) atoms. The number of imidazole rings is 1. The number of nitrogens with one attached hydrogen (secondary N) is 2. The number of amides is 1. The Balaban J connectivity index is 0.00000210. The van der Waals surface area contributed by atoms with Crippen molar-refractivity contribution in [3.8, 4) is 11.3 Å². The second kappa shape index (κ2) is 8.12. The highest BCUT2D eigenvalue weighted by molar-refractivity contribution is 6.33. The fourth-order valence-electron chi connectivity index (χ4n) is 3.27. The molecule has 1 aromatic carbocycles. The Morgan fingerprint density at radius 3 is 2.89 bits per heavy atom. The minimum absolute atomic E-state index is 0. The monoisotopic (exact) mass is 406 g/mol. The molecule has 2 N–H and O–H groups in total. The van der Waals surface area contributed by atoms with Crippen LogP contribution in [0.4, 0.5) is 0 Å². The molecule has 1 amide bonds. The molecular weight excluding hydrogens is 387 g/mol. The van der Waals surface area contributed by atoms with E-state index < -0.39 is 0 Å². The Morgan fingerprint density at radius 1 is 1.33 bits per heavy atom. The summed E-state index contributed by atoms with van der Waals surface area (Å²) >= 11 is 6.24. The molecule has 0 aliphatic carbocycles. The summed E-state index contributed by atoms with van der Waals surface area (Å²) in [5, 5.41) is 11.1. The van der Waals surface area contributed by atoms with Crippen LogP contribution < -0.4 is 5.32 Å². The molecule has 0 saturated carbocycles. The summed E-state index contributed by atoms with van der Waals surface area (Å²) in [5.74, 6) is 0.765. The van der Waals surface area contributed by atoms with E-state index in [1.165, 1.54) is 0 Å². The predicted molar refractivity (Wildman–Crippen MR) is 106 cm³/mol. The standard InChI is InChI=1S/C18H19ClN6O.ClH/c1-24-8-7-21-17(24)16-11-20-6-9-25(16)18(26)15-10-14(22-23-15)12-4-2-3-5-13(12)19;/h2-5,7-8,10,16,20H,6,9,11H2,1H3,(H,22,23);1H. The number of hydrogen-bond acceptors (Lipinski definition) is 4. The number of carbonyl (C=O) groups is 1. The first kappa shape index (κ1) is 19.4. The van der Waals surface area contributed by atoms with Crippen LogP contribution in [-0.4, -0.2) is 50.2 Å². The highest BCUT2D eigenvalue weighted by Crippen LogP contribution is 2.28. The number of piperazine rings is 1. The molecule has 1 aliphatic rings. The molecule has 3 heterocycles. The molecule has 0 bridgehead atoms. The van der Waals surface area contributed by atoms with E-state index in [-0.39, 0.29) is 24.4 Å². The fourth-order valence-corrected chi connectivity index (χ4v) is 3.50. The minimum atomic E-state index is -0.122. The van der Waals surface area contributed by atoms with E-state index >= 15 is 0 Å². The van der Waals surface area contributed by atoms with Gasteiger partial charge in [0.2, 0.25) is 0 Å². The molecule has 7 nitrogen and oxygen atoms in total. The summed E-state index contributed by atoms with van der Waals surface area (Å²) in [6.07, 6.45) is 3.64. The number of aromatic amines is 1. The Labute approximate surface area is 168 Å². The van der Waals surface area contributed by atoms with Crippen molar-refractivity contribution in [2.24, 2.45) is 7.05 Å². The Hall–Kier alpha value is -2.35. The van der Waals surface area contributed by atoms with Gasteiger partial charge >= 0.3 is 0 Å². The molecule has 4 rings (SSSR count). The molecule has 0 radical (unpaired) electrons. The second-order valence-electron chi connectivity index (χ2n) is 6.26. The minimum Gasteiger partial charge on any atom is -0.336 e. The average molecular weight is 407 g/mol. The number of aromatic nitrogens is 4.